The summed E-state index contributed by atoms with van der Waals surface area (Å²) in [5.74, 6) is 2.12. The standard InChI is InChI=1S/C28H24N2O2/c1-2-31-26-17-18-28(27(19-26)30-21-23-11-7-4-8-12-23)32-25-15-13-24(14-16-25)29-20-22-9-5-3-6-10-22/h3-21H,2H2,1H3. The van der Waals surface area contributed by atoms with Crippen molar-refractivity contribution in [2.24, 2.45) is 9.98 Å². The summed E-state index contributed by atoms with van der Waals surface area (Å²) in [5, 5.41) is 0. The Morgan fingerprint density at radius 1 is 0.656 bits per heavy atom. The third kappa shape index (κ3) is 5.92. The second kappa shape index (κ2) is 10.7. The number of rotatable bonds is 8. The Balaban J connectivity index is 1.52. The Kier molecular flexibility index (Phi) is 7.06. The van der Waals surface area contributed by atoms with Gasteiger partial charge in [-0.1, -0.05) is 60.7 Å². The van der Waals surface area contributed by atoms with E-state index in [1.807, 2.05) is 122 Å². The van der Waals surface area contributed by atoms with Crippen LogP contribution in [0.15, 0.2) is 113 Å². The fourth-order valence-corrected chi connectivity index (χ4v) is 3.04. The largest absolute Gasteiger partial charge is 0.494 e. The van der Waals surface area contributed by atoms with Crippen molar-refractivity contribution in [3.05, 3.63) is 114 Å². The highest BCUT2D eigenvalue weighted by molar-refractivity contribution is 5.83. The second-order valence-electron chi connectivity index (χ2n) is 7.00. The zero-order valence-electron chi connectivity index (χ0n) is 17.9. The maximum atomic E-state index is 6.13. The van der Waals surface area contributed by atoms with Gasteiger partial charge in [-0.05, 0) is 54.4 Å². The van der Waals surface area contributed by atoms with E-state index >= 15 is 0 Å². The molecular formula is C28H24N2O2. The highest BCUT2D eigenvalue weighted by atomic mass is 16.5. The van der Waals surface area contributed by atoms with Gasteiger partial charge in [-0.3, -0.25) is 9.98 Å². The molecule has 0 unspecified atom stereocenters. The van der Waals surface area contributed by atoms with E-state index in [4.69, 9.17) is 9.47 Å². The van der Waals surface area contributed by atoms with E-state index in [9.17, 15) is 0 Å². The van der Waals surface area contributed by atoms with Crippen molar-refractivity contribution in [3.63, 3.8) is 0 Å². The summed E-state index contributed by atoms with van der Waals surface area (Å²) in [4.78, 5) is 9.16. The Labute approximate surface area is 188 Å². The van der Waals surface area contributed by atoms with Crippen LogP contribution in [0.3, 0.4) is 0 Å². The summed E-state index contributed by atoms with van der Waals surface area (Å²) in [6, 6.07) is 33.3. The molecule has 0 amide bonds. The maximum absolute atomic E-state index is 6.13. The molecule has 0 bridgehead atoms. The van der Waals surface area contributed by atoms with E-state index < -0.39 is 0 Å². The molecule has 0 aliphatic rings. The molecule has 0 atom stereocenters. The lowest BCUT2D eigenvalue weighted by molar-refractivity contribution is 0.340. The van der Waals surface area contributed by atoms with Crippen LogP contribution >= 0.6 is 0 Å². The van der Waals surface area contributed by atoms with Crippen LogP contribution in [0, 0.1) is 0 Å². The Bertz CT molecular complexity index is 1190. The molecule has 0 aromatic heterocycles. The van der Waals surface area contributed by atoms with Gasteiger partial charge in [0.1, 0.15) is 17.2 Å². The molecule has 0 saturated heterocycles. The van der Waals surface area contributed by atoms with Crippen LogP contribution in [-0.2, 0) is 0 Å². The monoisotopic (exact) mass is 420 g/mol. The van der Waals surface area contributed by atoms with Crippen molar-refractivity contribution in [3.8, 4) is 17.2 Å². The van der Waals surface area contributed by atoms with Crippen LogP contribution < -0.4 is 9.47 Å². The molecule has 0 radical (unpaired) electrons. The molecule has 0 spiro atoms. The molecule has 4 aromatic rings. The molecule has 4 heteroatoms. The fourth-order valence-electron chi connectivity index (χ4n) is 3.04. The first kappa shape index (κ1) is 21.1. The average molecular weight is 421 g/mol. The normalized spacial score (nSPS) is 11.2. The van der Waals surface area contributed by atoms with Gasteiger partial charge in [0.15, 0.2) is 5.75 Å². The molecule has 0 saturated carbocycles. The van der Waals surface area contributed by atoms with Crippen LogP contribution in [0.1, 0.15) is 18.1 Å². The van der Waals surface area contributed by atoms with Crippen LogP contribution in [-0.4, -0.2) is 19.0 Å². The van der Waals surface area contributed by atoms with E-state index in [2.05, 4.69) is 9.98 Å². The van der Waals surface area contributed by atoms with Gasteiger partial charge in [-0.25, -0.2) is 0 Å². The SMILES string of the molecule is CCOc1ccc(Oc2ccc(N=Cc3ccccc3)cc2)c(N=Cc2ccccc2)c1. The number of ether oxygens (including phenoxy) is 2. The van der Waals surface area contributed by atoms with Crippen molar-refractivity contribution < 1.29 is 9.47 Å². The lowest BCUT2D eigenvalue weighted by Crippen LogP contribution is -1.92. The topological polar surface area (TPSA) is 43.2 Å². The van der Waals surface area contributed by atoms with Crippen molar-refractivity contribution in [1.29, 1.82) is 0 Å². The van der Waals surface area contributed by atoms with Gasteiger partial charge >= 0.3 is 0 Å². The summed E-state index contributed by atoms with van der Waals surface area (Å²) in [7, 11) is 0. The highest BCUT2D eigenvalue weighted by Gasteiger charge is 2.07. The molecule has 158 valence electrons. The quantitative estimate of drug-likeness (QED) is 0.279. The minimum Gasteiger partial charge on any atom is -0.494 e. The third-order valence-electron chi connectivity index (χ3n) is 4.62. The minimum atomic E-state index is 0.590. The van der Waals surface area contributed by atoms with Gasteiger partial charge < -0.3 is 9.47 Å². The van der Waals surface area contributed by atoms with Gasteiger partial charge in [0.25, 0.3) is 0 Å². The number of hydrogen-bond donors (Lipinski definition) is 0. The van der Waals surface area contributed by atoms with Crippen molar-refractivity contribution in [2.45, 2.75) is 6.92 Å². The zero-order valence-corrected chi connectivity index (χ0v) is 17.9. The van der Waals surface area contributed by atoms with Gasteiger partial charge in [0.2, 0.25) is 0 Å². The fraction of sp³-hybridized carbons (Fsp3) is 0.0714. The molecule has 0 N–H and O–H groups in total. The molecule has 0 heterocycles. The summed E-state index contributed by atoms with van der Waals surface area (Å²) < 4.78 is 11.8. The first-order valence-corrected chi connectivity index (χ1v) is 10.5. The van der Waals surface area contributed by atoms with E-state index in [1.165, 1.54) is 0 Å². The molecule has 4 aromatic carbocycles. The van der Waals surface area contributed by atoms with Gasteiger partial charge in [-0.15, -0.1) is 0 Å². The first-order valence-electron chi connectivity index (χ1n) is 10.5. The summed E-state index contributed by atoms with van der Waals surface area (Å²) >= 11 is 0. The molecule has 0 fully saturated rings. The smallest absolute Gasteiger partial charge is 0.153 e. The summed E-state index contributed by atoms with van der Waals surface area (Å²) in [6.07, 6.45) is 3.66. The van der Waals surface area contributed by atoms with E-state index in [0.29, 0.717) is 23.8 Å². The molecule has 4 nitrogen and oxygen atoms in total. The molecular weight excluding hydrogens is 396 g/mol. The predicted molar refractivity (Wildman–Crippen MR) is 132 cm³/mol. The van der Waals surface area contributed by atoms with Gasteiger partial charge in [-0.2, -0.15) is 0 Å². The van der Waals surface area contributed by atoms with Crippen molar-refractivity contribution in [2.75, 3.05) is 6.61 Å². The van der Waals surface area contributed by atoms with Crippen LogP contribution in [0.5, 0.6) is 17.2 Å². The van der Waals surface area contributed by atoms with Gasteiger partial charge in [0, 0.05) is 18.5 Å². The Hall–Kier alpha value is -4.18. The lowest BCUT2D eigenvalue weighted by atomic mass is 10.2. The Morgan fingerprint density at radius 3 is 1.88 bits per heavy atom. The molecule has 4 rings (SSSR count). The second-order valence-corrected chi connectivity index (χ2v) is 7.00. The summed E-state index contributed by atoms with van der Waals surface area (Å²) in [6.45, 7) is 2.55. The van der Waals surface area contributed by atoms with Crippen molar-refractivity contribution in [1.82, 2.24) is 0 Å². The lowest BCUT2D eigenvalue weighted by Gasteiger charge is -2.11. The minimum absolute atomic E-state index is 0.590. The first-order chi connectivity index (χ1) is 15.8. The van der Waals surface area contributed by atoms with E-state index in [1.54, 1.807) is 0 Å². The predicted octanol–water partition coefficient (Wildman–Crippen LogP) is 7.38. The van der Waals surface area contributed by atoms with E-state index in [-0.39, 0.29) is 0 Å². The highest BCUT2D eigenvalue weighted by Crippen LogP contribution is 2.35. The van der Waals surface area contributed by atoms with Crippen LogP contribution in [0.25, 0.3) is 0 Å². The molecule has 32 heavy (non-hydrogen) atoms. The number of hydrogen-bond acceptors (Lipinski definition) is 4. The van der Waals surface area contributed by atoms with Crippen molar-refractivity contribution >= 4 is 23.8 Å². The zero-order chi connectivity index (χ0) is 22.0. The summed E-state index contributed by atoms with van der Waals surface area (Å²) in [5.41, 5.74) is 3.63. The average Bonchev–Trinajstić information content (AvgIpc) is 2.85. The number of nitrogens with zero attached hydrogens (tertiary/aromatic N) is 2. The maximum Gasteiger partial charge on any atom is 0.153 e. The molecule has 0 aliphatic heterocycles. The van der Waals surface area contributed by atoms with Gasteiger partial charge in [0.05, 0.1) is 12.3 Å². The number of benzene rings is 4. The third-order valence-corrected chi connectivity index (χ3v) is 4.62. The Morgan fingerprint density at radius 2 is 1.25 bits per heavy atom. The van der Waals surface area contributed by atoms with Crippen LogP contribution in [0.4, 0.5) is 11.4 Å². The number of aliphatic imine (C=N–C) groups is 2. The van der Waals surface area contributed by atoms with Crippen LogP contribution in [0.2, 0.25) is 0 Å². The molecule has 0 aliphatic carbocycles. The van der Waals surface area contributed by atoms with E-state index in [0.717, 1.165) is 22.6 Å².